The summed E-state index contributed by atoms with van der Waals surface area (Å²) in [6.45, 7) is 0.428. The normalized spacial score (nSPS) is 17.1. The zero-order valence-corrected chi connectivity index (χ0v) is 15.7. The van der Waals surface area contributed by atoms with Gasteiger partial charge in [-0.2, -0.15) is 0 Å². The van der Waals surface area contributed by atoms with Crippen molar-refractivity contribution in [2.75, 3.05) is 32.2 Å². The standard InChI is InChI=1S/C18H22INO3/c1-20(2)13-8-6-12(7-9-13)18-17(19)16-14(22-11-10-21)4-3-5-15(16)23-18/h6-9,14,21H,3-5,10-11H2,1-2H3. The molecule has 1 unspecified atom stereocenters. The van der Waals surface area contributed by atoms with Crippen LogP contribution in [-0.4, -0.2) is 32.4 Å². The number of rotatable bonds is 5. The summed E-state index contributed by atoms with van der Waals surface area (Å²) in [4.78, 5) is 2.08. The minimum absolute atomic E-state index is 0.0383. The van der Waals surface area contributed by atoms with E-state index in [1.807, 2.05) is 14.1 Å². The third-order valence-corrected chi connectivity index (χ3v) is 5.28. The van der Waals surface area contributed by atoms with E-state index in [-0.39, 0.29) is 12.7 Å². The molecule has 0 saturated heterocycles. The molecular formula is C18H22INO3. The van der Waals surface area contributed by atoms with E-state index in [1.165, 1.54) is 11.3 Å². The van der Waals surface area contributed by atoms with Crippen molar-refractivity contribution in [2.45, 2.75) is 25.4 Å². The van der Waals surface area contributed by atoms with Crippen LogP contribution >= 0.6 is 22.6 Å². The van der Waals surface area contributed by atoms with E-state index in [2.05, 4.69) is 51.8 Å². The lowest BCUT2D eigenvalue weighted by molar-refractivity contribution is 0.0167. The van der Waals surface area contributed by atoms with E-state index in [0.29, 0.717) is 6.61 Å². The Morgan fingerprint density at radius 1 is 1.30 bits per heavy atom. The number of benzene rings is 1. The number of aliphatic hydroxyl groups excluding tert-OH is 1. The Morgan fingerprint density at radius 3 is 2.70 bits per heavy atom. The number of anilines is 1. The van der Waals surface area contributed by atoms with Crippen molar-refractivity contribution in [3.05, 3.63) is 39.2 Å². The third-order valence-electron chi connectivity index (χ3n) is 4.21. The van der Waals surface area contributed by atoms with E-state index in [1.54, 1.807) is 0 Å². The highest BCUT2D eigenvalue weighted by atomic mass is 127. The van der Waals surface area contributed by atoms with Crippen molar-refractivity contribution in [1.82, 2.24) is 0 Å². The van der Waals surface area contributed by atoms with Gasteiger partial charge in [0.15, 0.2) is 0 Å². The number of hydrogen-bond acceptors (Lipinski definition) is 4. The Morgan fingerprint density at radius 2 is 2.04 bits per heavy atom. The van der Waals surface area contributed by atoms with Gasteiger partial charge in [-0.3, -0.25) is 0 Å². The third kappa shape index (κ3) is 3.41. The first-order chi connectivity index (χ1) is 11.1. The van der Waals surface area contributed by atoms with E-state index in [9.17, 15) is 0 Å². The molecule has 0 aliphatic heterocycles. The Hall–Kier alpha value is -1.05. The number of aryl methyl sites for hydroxylation is 1. The van der Waals surface area contributed by atoms with Crippen LogP contribution in [0.1, 0.15) is 30.3 Å². The molecule has 1 heterocycles. The van der Waals surface area contributed by atoms with Crippen molar-refractivity contribution < 1.29 is 14.3 Å². The first-order valence-corrected chi connectivity index (χ1v) is 9.01. The Labute approximate surface area is 150 Å². The van der Waals surface area contributed by atoms with Crippen LogP contribution in [0.2, 0.25) is 0 Å². The summed E-state index contributed by atoms with van der Waals surface area (Å²) in [5, 5.41) is 9.01. The number of nitrogens with zero attached hydrogens (tertiary/aromatic N) is 1. The molecule has 1 aromatic heterocycles. The van der Waals surface area contributed by atoms with Gasteiger partial charge in [-0.1, -0.05) is 0 Å². The first kappa shape index (κ1) is 16.8. The minimum atomic E-state index is 0.0383. The van der Waals surface area contributed by atoms with E-state index >= 15 is 0 Å². The molecule has 1 aromatic carbocycles. The second-order valence-electron chi connectivity index (χ2n) is 6.00. The highest BCUT2D eigenvalue weighted by Crippen LogP contribution is 2.42. The molecule has 4 nitrogen and oxygen atoms in total. The maximum Gasteiger partial charge on any atom is 0.147 e. The van der Waals surface area contributed by atoms with Gasteiger partial charge >= 0.3 is 0 Å². The van der Waals surface area contributed by atoms with Crippen LogP contribution < -0.4 is 4.90 Å². The van der Waals surface area contributed by atoms with Gasteiger partial charge in [-0.05, 0) is 59.7 Å². The molecule has 1 N–H and O–H groups in total. The Bertz CT molecular complexity index is 664. The molecule has 1 atom stereocenters. The lowest BCUT2D eigenvalue weighted by Crippen LogP contribution is -2.14. The monoisotopic (exact) mass is 427 g/mol. The van der Waals surface area contributed by atoms with Crippen molar-refractivity contribution >= 4 is 28.3 Å². The molecule has 23 heavy (non-hydrogen) atoms. The zero-order valence-electron chi connectivity index (χ0n) is 13.5. The predicted octanol–water partition coefficient (Wildman–Crippen LogP) is 4.00. The van der Waals surface area contributed by atoms with Crippen LogP contribution in [-0.2, 0) is 11.2 Å². The van der Waals surface area contributed by atoms with Crippen LogP contribution in [0.25, 0.3) is 11.3 Å². The average molecular weight is 427 g/mol. The summed E-state index contributed by atoms with van der Waals surface area (Å²) in [6, 6.07) is 8.41. The lowest BCUT2D eigenvalue weighted by Gasteiger charge is -2.22. The summed E-state index contributed by atoms with van der Waals surface area (Å²) in [6.07, 6.45) is 3.05. The van der Waals surface area contributed by atoms with Crippen LogP contribution in [0.5, 0.6) is 0 Å². The number of fused-ring (bicyclic) bond motifs is 1. The number of halogens is 1. The van der Waals surface area contributed by atoms with Gasteiger partial charge < -0.3 is 19.2 Å². The van der Waals surface area contributed by atoms with Crippen LogP contribution in [0.4, 0.5) is 5.69 Å². The Kier molecular flexibility index (Phi) is 5.28. The predicted molar refractivity (Wildman–Crippen MR) is 99.9 cm³/mol. The van der Waals surface area contributed by atoms with Gasteiger partial charge in [-0.25, -0.2) is 0 Å². The SMILES string of the molecule is CN(C)c1ccc(-c2oc3c(c2I)C(OCCO)CCC3)cc1. The molecule has 1 aliphatic carbocycles. The van der Waals surface area contributed by atoms with Crippen LogP contribution in [0.15, 0.2) is 28.7 Å². The highest BCUT2D eigenvalue weighted by molar-refractivity contribution is 14.1. The fraction of sp³-hybridized carbons (Fsp3) is 0.444. The number of furan rings is 1. The quantitative estimate of drug-likeness (QED) is 0.733. The summed E-state index contributed by atoms with van der Waals surface area (Å²) in [7, 11) is 4.07. The molecule has 0 saturated carbocycles. The largest absolute Gasteiger partial charge is 0.460 e. The van der Waals surface area contributed by atoms with Gasteiger partial charge in [0.1, 0.15) is 11.5 Å². The van der Waals surface area contributed by atoms with Gasteiger partial charge in [0.2, 0.25) is 0 Å². The smallest absolute Gasteiger partial charge is 0.147 e. The summed E-state index contributed by atoms with van der Waals surface area (Å²) in [5.41, 5.74) is 3.44. The maximum atomic E-state index is 9.01. The fourth-order valence-electron chi connectivity index (χ4n) is 3.02. The van der Waals surface area contributed by atoms with Crippen molar-refractivity contribution in [2.24, 2.45) is 0 Å². The zero-order chi connectivity index (χ0) is 16.4. The van der Waals surface area contributed by atoms with Gasteiger partial charge in [0.05, 0.1) is 22.9 Å². The molecular weight excluding hydrogens is 405 g/mol. The highest BCUT2D eigenvalue weighted by Gasteiger charge is 2.29. The lowest BCUT2D eigenvalue weighted by atomic mass is 9.95. The minimum Gasteiger partial charge on any atom is -0.460 e. The number of ether oxygens (including phenoxy) is 1. The van der Waals surface area contributed by atoms with Gasteiger partial charge in [0, 0.05) is 37.3 Å². The van der Waals surface area contributed by atoms with Gasteiger partial charge in [-0.15, -0.1) is 0 Å². The first-order valence-electron chi connectivity index (χ1n) is 7.93. The maximum absolute atomic E-state index is 9.01. The number of hydrogen-bond donors (Lipinski definition) is 1. The van der Waals surface area contributed by atoms with E-state index in [4.69, 9.17) is 14.3 Å². The second kappa shape index (κ2) is 7.23. The Balaban J connectivity index is 1.94. The molecule has 2 aromatic rings. The van der Waals surface area contributed by atoms with E-state index in [0.717, 1.165) is 39.9 Å². The molecule has 0 bridgehead atoms. The van der Waals surface area contributed by atoms with Crippen molar-refractivity contribution in [3.8, 4) is 11.3 Å². The number of aliphatic hydroxyl groups is 1. The summed E-state index contributed by atoms with van der Waals surface area (Å²) < 4.78 is 13.1. The molecule has 0 fully saturated rings. The van der Waals surface area contributed by atoms with Gasteiger partial charge in [0.25, 0.3) is 0 Å². The molecule has 3 rings (SSSR count). The average Bonchev–Trinajstić information content (AvgIpc) is 2.90. The topological polar surface area (TPSA) is 45.8 Å². The molecule has 1 aliphatic rings. The van der Waals surface area contributed by atoms with Crippen LogP contribution in [0.3, 0.4) is 0 Å². The molecule has 0 spiro atoms. The molecule has 124 valence electrons. The molecule has 0 radical (unpaired) electrons. The van der Waals surface area contributed by atoms with Crippen LogP contribution in [0, 0.1) is 3.57 Å². The fourth-order valence-corrected chi connectivity index (χ4v) is 4.09. The second-order valence-corrected chi connectivity index (χ2v) is 7.08. The van der Waals surface area contributed by atoms with Crippen molar-refractivity contribution in [3.63, 3.8) is 0 Å². The van der Waals surface area contributed by atoms with E-state index < -0.39 is 0 Å². The van der Waals surface area contributed by atoms with Crippen molar-refractivity contribution in [1.29, 1.82) is 0 Å². The molecule has 5 heteroatoms. The summed E-state index contributed by atoms with van der Waals surface area (Å²) in [5.74, 6) is 1.97. The summed E-state index contributed by atoms with van der Waals surface area (Å²) >= 11 is 2.36. The molecule has 0 amide bonds.